The summed E-state index contributed by atoms with van der Waals surface area (Å²) in [5.41, 5.74) is 11.1. The molecule has 1 unspecified atom stereocenters. The number of benzene rings is 4. The SMILES string of the molecule is CC1(C)C2=C(C=CCC2)c2ccc(-c3ccc4c5c(c6ccccc6c4c3)NC3C=CC=CN53)cc21. The Morgan fingerprint density at radius 2 is 1.69 bits per heavy atom. The van der Waals surface area contributed by atoms with Crippen LogP contribution in [0, 0.1) is 0 Å². The Morgan fingerprint density at radius 3 is 2.61 bits per heavy atom. The third-order valence-electron chi connectivity index (χ3n) is 8.74. The molecule has 2 nitrogen and oxygen atoms in total. The van der Waals surface area contributed by atoms with E-state index < -0.39 is 0 Å². The first-order valence-electron chi connectivity index (χ1n) is 13.0. The molecule has 4 aromatic carbocycles. The van der Waals surface area contributed by atoms with Crippen LogP contribution in [-0.2, 0) is 5.41 Å². The summed E-state index contributed by atoms with van der Waals surface area (Å²) >= 11 is 0. The molecular formula is C34H28N2. The largest absolute Gasteiger partial charge is 0.359 e. The van der Waals surface area contributed by atoms with Crippen LogP contribution in [0.25, 0.3) is 38.2 Å². The number of nitrogens with one attached hydrogen (secondary N) is 1. The first-order chi connectivity index (χ1) is 17.6. The molecule has 4 aromatic rings. The second-order valence-electron chi connectivity index (χ2n) is 11.0. The van der Waals surface area contributed by atoms with E-state index in [1.54, 1.807) is 5.57 Å². The highest BCUT2D eigenvalue weighted by Crippen LogP contribution is 2.52. The molecule has 0 bridgehead atoms. The van der Waals surface area contributed by atoms with E-state index in [4.69, 9.17) is 0 Å². The van der Waals surface area contributed by atoms with Crippen molar-refractivity contribution in [2.45, 2.75) is 38.3 Å². The van der Waals surface area contributed by atoms with Crippen molar-refractivity contribution in [2.24, 2.45) is 0 Å². The first-order valence-corrected chi connectivity index (χ1v) is 13.0. The van der Waals surface area contributed by atoms with Gasteiger partial charge in [-0.05, 0) is 75.7 Å². The van der Waals surface area contributed by atoms with E-state index in [1.165, 1.54) is 67.2 Å². The molecule has 36 heavy (non-hydrogen) atoms. The van der Waals surface area contributed by atoms with Crippen LogP contribution in [0.1, 0.15) is 37.8 Å². The van der Waals surface area contributed by atoms with Crippen molar-refractivity contribution in [1.29, 1.82) is 0 Å². The summed E-state index contributed by atoms with van der Waals surface area (Å²) in [4.78, 5) is 2.37. The molecule has 0 aromatic heterocycles. The van der Waals surface area contributed by atoms with E-state index in [2.05, 4.69) is 121 Å². The van der Waals surface area contributed by atoms with Crippen molar-refractivity contribution in [2.75, 3.05) is 10.2 Å². The van der Waals surface area contributed by atoms with Crippen LogP contribution in [-0.4, -0.2) is 6.17 Å². The fourth-order valence-electron chi connectivity index (χ4n) is 6.95. The zero-order chi connectivity index (χ0) is 24.0. The smallest absolute Gasteiger partial charge is 0.123 e. The molecule has 0 amide bonds. The van der Waals surface area contributed by atoms with Crippen LogP contribution in [0.3, 0.4) is 0 Å². The summed E-state index contributed by atoms with van der Waals surface area (Å²) in [6.45, 7) is 4.80. The molecule has 2 heterocycles. The lowest BCUT2D eigenvalue weighted by Gasteiger charge is -2.26. The van der Waals surface area contributed by atoms with Crippen LogP contribution in [0.5, 0.6) is 0 Å². The Kier molecular flexibility index (Phi) is 3.93. The lowest BCUT2D eigenvalue weighted by Crippen LogP contribution is -2.30. The van der Waals surface area contributed by atoms with Gasteiger partial charge in [0.05, 0.1) is 11.4 Å². The molecule has 2 aliphatic carbocycles. The monoisotopic (exact) mass is 464 g/mol. The minimum atomic E-state index is 0.0879. The summed E-state index contributed by atoms with van der Waals surface area (Å²) in [6, 6.07) is 23.0. The number of fused-ring (bicyclic) bond motifs is 10. The third-order valence-corrected chi connectivity index (χ3v) is 8.74. The van der Waals surface area contributed by atoms with Gasteiger partial charge in [0, 0.05) is 22.4 Å². The summed E-state index contributed by atoms with van der Waals surface area (Å²) < 4.78 is 0. The van der Waals surface area contributed by atoms with Gasteiger partial charge in [0.1, 0.15) is 6.17 Å². The molecule has 0 fully saturated rings. The van der Waals surface area contributed by atoms with E-state index in [9.17, 15) is 0 Å². The number of nitrogens with zero attached hydrogens (tertiary/aromatic N) is 1. The number of rotatable bonds is 1. The van der Waals surface area contributed by atoms with Gasteiger partial charge < -0.3 is 10.2 Å². The maximum atomic E-state index is 3.76. The van der Waals surface area contributed by atoms with Crippen molar-refractivity contribution in [3.63, 3.8) is 0 Å². The zero-order valence-corrected chi connectivity index (χ0v) is 20.7. The molecule has 2 aliphatic heterocycles. The van der Waals surface area contributed by atoms with Crippen molar-refractivity contribution in [1.82, 2.24) is 0 Å². The maximum Gasteiger partial charge on any atom is 0.123 e. The molecule has 0 spiro atoms. The molecule has 0 saturated carbocycles. The van der Waals surface area contributed by atoms with Crippen molar-refractivity contribution in [3.8, 4) is 11.1 Å². The third kappa shape index (κ3) is 2.57. The highest BCUT2D eigenvalue weighted by atomic mass is 15.3. The van der Waals surface area contributed by atoms with Crippen molar-refractivity contribution >= 4 is 38.5 Å². The zero-order valence-electron chi connectivity index (χ0n) is 20.7. The van der Waals surface area contributed by atoms with E-state index >= 15 is 0 Å². The molecule has 4 aliphatic rings. The fraction of sp³-hybridized carbons (Fsp3) is 0.176. The minimum Gasteiger partial charge on any atom is -0.359 e. The van der Waals surface area contributed by atoms with E-state index in [0.717, 1.165) is 6.42 Å². The Labute approximate surface area is 211 Å². The predicted octanol–water partition coefficient (Wildman–Crippen LogP) is 8.70. The lowest BCUT2D eigenvalue weighted by molar-refractivity contribution is 0.607. The topological polar surface area (TPSA) is 15.3 Å². The van der Waals surface area contributed by atoms with Crippen LogP contribution < -0.4 is 10.2 Å². The van der Waals surface area contributed by atoms with Crippen LogP contribution in [0.2, 0.25) is 0 Å². The highest BCUT2D eigenvalue weighted by molar-refractivity contribution is 6.22. The standard InChI is InChI=1S/C34H28N2/c1-34(2)29-12-6-5-10-24(29)25-16-14-22(20-30(25)34)21-15-17-27-28(19-21)23-9-3-4-11-26(23)32-33(27)36-18-8-7-13-31(36)35-32/h3-5,7-11,13-20,31,35H,6,12H2,1-2H3. The van der Waals surface area contributed by atoms with Gasteiger partial charge in [-0.1, -0.05) is 86.2 Å². The Balaban J connectivity index is 1.33. The van der Waals surface area contributed by atoms with Crippen molar-refractivity contribution < 1.29 is 0 Å². The van der Waals surface area contributed by atoms with E-state index in [-0.39, 0.29) is 11.6 Å². The molecule has 0 saturated heterocycles. The highest BCUT2D eigenvalue weighted by Gasteiger charge is 2.37. The lowest BCUT2D eigenvalue weighted by atomic mass is 9.78. The Bertz CT molecular complexity index is 1740. The second-order valence-corrected chi connectivity index (χ2v) is 11.0. The van der Waals surface area contributed by atoms with Gasteiger partial charge in [0.25, 0.3) is 0 Å². The average Bonchev–Trinajstić information content (AvgIpc) is 3.42. The quantitative estimate of drug-likeness (QED) is 0.283. The first kappa shape index (κ1) is 20.2. The number of allylic oxidation sites excluding steroid dienone is 6. The van der Waals surface area contributed by atoms with Gasteiger partial charge in [-0.25, -0.2) is 0 Å². The molecule has 1 N–H and O–H groups in total. The molecule has 174 valence electrons. The predicted molar refractivity (Wildman–Crippen MR) is 153 cm³/mol. The van der Waals surface area contributed by atoms with E-state index in [0.29, 0.717) is 0 Å². The molecule has 2 heteroatoms. The summed E-state index contributed by atoms with van der Waals surface area (Å²) in [7, 11) is 0. The summed E-state index contributed by atoms with van der Waals surface area (Å²) in [5, 5.41) is 8.95. The number of hydrogen-bond donors (Lipinski definition) is 1. The van der Waals surface area contributed by atoms with Gasteiger partial charge in [0.15, 0.2) is 0 Å². The van der Waals surface area contributed by atoms with E-state index in [1.807, 2.05) is 0 Å². The van der Waals surface area contributed by atoms with Crippen LogP contribution >= 0.6 is 0 Å². The van der Waals surface area contributed by atoms with Gasteiger partial charge >= 0.3 is 0 Å². The van der Waals surface area contributed by atoms with Gasteiger partial charge in [-0.15, -0.1) is 0 Å². The van der Waals surface area contributed by atoms with Gasteiger partial charge in [-0.2, -0.15) is 0 Å². The maximum absolute atomic E-state index is 3.76. The van der Waals surface area contributed by atoms with Crippen LogP contribution in [0.4, 0.5) is 11.4 Å². The number of anilines is 2. The number of hydrogen-bond acceptors (Lipinski definition) is 2. The van der Waals surface area contributed by atoms with Crippen molar-refractivity contribution in [3.05, 3.63) is 114 Å². The second kappa shape index (κ2) is 7.01. The fourth-order valence-corrected chi connectivity index (χ4v) is 6.95. The molecule has 1 atom stereocenters. The normalized spacial score (nSPS) is 20.5. The average molecular weight is 465 g/mol. The van der Waals surface area contributed by atoms with Gasteiger partial charge in [-0.3, -0.25) is 0 Å². The van der Waals surface area contributed by atoms with Crippen LogP contribution in [0.15, 0.2) is 103 Å². The molecule has 8 rings (SSSR count). The molecule has 0 radical (unpaired) electrons. The molecular weight excluding hydrogens is 436 g/mol. The Morgan fingerprint density at radius 1 is 0.861 bits per heavy atom. The minimum absolute atomic E-state index is 0.0879. The summed E-state index contributed by atoms with van der Waals surface area (Å²) in [6.07, 6.45) is 15.8. The Hall–Kier alpha value is -4.04. The van der Waals surface area contributed by atoms with Gasteiger partial charge in [0.2, 0.25) is 0 Å². The summed E-state index contributed by atoms with van der Waals surface area (Å²) in [5.74, 6) is 0.